The maximum Gasteiger partial charge on any atom is 0.313 e. The molecule has 0 spiro atoms. The molecule has 4 amide bonds. The molecule has 9 heteroatoms. The molecule has 0 saturated carbocycles. The summed E-state index contributed by atoms with van der Waals surface area (Å²) in [6.45, 7) is 2.96. The molecule has 2 aliphatic heterocycles. The Morgan fingerprint density at radius 1 is 1.19 bits per heavy atom. The van der Waals surface area contributed by atoms with Crippen molar-refractivity contribution in [1.29, 1.82) is 0 Å². The standard InChI is InChI=1S/C22H23N5O4/c1-12-2-5-18(13-3-4-14-9-25-20(29)17(14)7-13)27(11-12)22(31)21(30)26-16-6-15(19(23)28)8-24-10-16/h3-4,6-8,10,12,18H,2,5,9,11H2,1H3,(H2,23,28)(H,25,29)(H,26,30). The first kappa shape index (κ1) is 20.5. The number of fused-ring (bicyclic) bond motifs is 1. The van der Waals surface area contributed by atoms with Gasteiger partial charge in [0.1, 0.15) is 0 Å². The van der Waals surface area contributed by atoms with Crippen molar-refractivity contribution in [1.82, 2.24) is 15.2 Å². The Bertz CT molecular complexity index is 1080. The van der Waals surface area contributed by atoms with Gasteiger partial charge in [0, 0.05) is 24.8 Å². The molecule has 1 aromatic heterocycles. The zero-order valence-corrected chi connectivity index (χ0v) is 17.1. The van der Waals surface area contributed by atoms with E-state index in [9.17, 15) is 19.2 Å². The van der Waals surface area contributed by atoms with Gasteiger partial charge < -0.3 is 21.3 Å². The monoisotopic (exact) mass is 421 g/mol. The largest absolute Gasteiger partial charge is 0.366 e. The highest BCUT2D eigenvalue weighted by Gasteiger charge is 2.35. The summed E-state index contributed by atoms with van der Waals surface area (Å²) in [4.78, 5) is 54.6. The van der Waals surface area contributed by atoms with Gasteiger partial charge in [0.15, 0.2) is 0 Å². The lowest BCUT2D eigenvalue weighted by Gasteiger charge is -2.38. The van der Waals surface area contributed by atoms with Crippen LogP contribution in [0.25, 0.3) is 0 Å². The normalized spacial score (nSPS) is 20.0. The minimum Gasteiger partial charge on any atom is -0.366 e. The number of amides is 4. The Morgan fingerprint density at radius 2 is 2.00 bits per heavy atom. The minimum atomic E-state index is -0.818. The summed E-state index contributed by atoms with van der Waals surface area (Å²) >= 11 is 0. The van der Waals surface area contributed by atoms with Gasteiger partial charge in [0.05, 0.1) is 23.5 Å². The van der Waals surface area contributed by atoms with Crippen LogP contribution in [0.1, 0.15) is 57.7 Å². The molecule has 3 heterocycles. The molecule has 1 aromatic carbocycles. The maximum atomic E-state index is 13.1. The van der Waals surface area contributed by atoms with Crippen LogP contribution in [0.4, 0.5) is 5.69 Å². The van der Waals surface area contributed by atoms with E-state index in [1.807, 2.05) is 25.1 Å². The highest BCUT2D eigenvalue weighted by atomic mass is 16.2. The molecule has 2 aliphatic rings. The third kappa shape index (κ3) is 4.11. The average Bonchev–Trinajstić information content (AvgIpc) is 3.13. The fraction of sp³-hybridized carbons (Fsp3) is 0.318. The Labute approximate surface area is 179 Å². The molecule has 2 atom stereocenters. The van der Waals surface area contributed by atoms with Crippen LogP contribution in [0.3, 0.4) is 0 Å². The summed E-state index contributed by atoms with van der Waals surface area (Å²) < 4.78 is 0. The fourth-order valence-electron chi connectivity index (χ4n) is 4.12. The highest BCUT2D eigenvalue weighted by Crippen LogP contribution is 2.35. The average molecular weight is 421 g/mol. The summed E-state index contributed by atoms with van der Waals surface area (Å²) in [5.74, 6) is -2.06. The number of rotatable bonds is 3. The summed E-state index contributed by atoms with van der Waals surface area (Å²) in [7, 11) is 0. The van der Waals surface area contributed by atoms with Gasteiger partial charge in [-0.1, -0.05) is 19.1 Å². The zero-order chi connectivity index (χ0) is 22.1. The van der Waals surface area contributed by atoms with Crippen molar-refractivity contribution in [2.24, 2.45) is 11.7 Å². The number of primary amides is 1. The van der Waals surface area contributed by atoms with Gasteiger partial charge in [0.25, 0.3) is 5.91 Å². The molecule has 1 fully saturated rings. The number of nitrogens with one attached hydrogen (secondary N) is 2. The van der Waals surface area contributed by atoms with E-state index in [1.54, 1.807) is 4.90 Å². The van der Waals surface area contributed by atoms with Gasteiger partial charge in [-0.25, -0.2) is 0 Å². The number of hydrogen-bond acceptors (Lipinski definition) is 5. The molecule has 0 bridgehead atoms. The SMILES string of the molecule is CC1CCC(c2ccc3c(c2)C(=O)NC3)N(C(=O)C(=O)Nc2cncc(C(N)=O)c2)C1. The molecule has 1 saturated heterocycles. The second-order valence-corrected chi connectivity index (χ2v) is 8.04. The number of anilines is 1. The van der Waals surface area contributed by atoms with Gasteiger partial charge >= 0.3 is 11.8 Å². The van der Waals surface area contributed by atoms with Crippen LogP contribution in [0.5, 0.6) is 0 Å². The molecule has 4 rings (SSSR count). The van der Waals surface area contributed by atoms with Crippen LogP contribution in [0.15, 0.2) is 36.7 Å². The summed E-state index contributed by atoms with van der Waals surface area (Å²) in [6, 6.07) is 6.69. The Morgan fingerprint density at radius 3 is 2.77 bits per heavy atom. The smallest absolute Gasteiger partial charge is 0.313 e. The van der Waals surface area contributed by atoms with Gasteiger partial charge in [-0.05, 0) is 42.0 Å². The fourth-order valence-corrected chi connectivity index (χ4v) is 4.12. The number of piperidine rings is 1. The second kappa shape index (κ2) is 8.17. The summed E-state index contributed by atoms with van der Waals surface area (Å²) in [5, 5.41) is 5.30. The molecular weight excluding hydrogens is 398 g/mol. The molecule has 31 heavy (non-hydrogen) atoms. The molecule has 2 aromatic rings. The van der Waals surface area contributed by atoms with Crippen LogP contribution >= 0.6 is 0 Å². The number of benzene rings is 1. The number of likely N-dealkylation sites (tertiary alicyclic amines) is 1. The van der Waals surface area contributed by atoms with Gasteiger partial charge in [-0.2, -0.15) is 0 Å². The number of carbonyl (C=O) groups is 4. The number of pyridine rings is 1. The van der Waals surface area contributed by atoms with E-state index in [1.165, 1.54) is 18.5 Å². The number of nitrogens with zero attached hydrogens (tertiary/aromatic N) is 2. The predicted octanol–water partition coefficient (Wildman–Crippen LogP) is 1.36. The Hall–Kier alpha value is -3.75. The third-order valence-corrected chi connectivity index (χ3v) is 5.76. The van der Waals surface area contributed by atoms with E-state index < -0.39 is 17.7 Å². The minimum absolute atomic E-state index is 0.126. The molecule has 0 aliphatic carbocycles. The van der Waals surface area contributed by atoms with Crippen molar-refractivity contribution < 1.29 is 19.2 Å². The molecule has 160 valence electrons. The van der Waals surface area contributed by atoms with Crippen LogP contribution in [-0.2, 0) is 16.1 Å². The quantitative estimate of drug-likeness (QED) is 0.643. The lowest BCUT2D eigenvalue weighted by molar-refractivity contribution is -0.146. The predicted molar refractivity (Wildman–Crippen MR) is 112 cm³/mol. The molecule has 4 N–H and O–H groups in total. The maximum absolute atomic E-state index is 13.1. The highest BCUT2D eigenvalue weighted by molar-refractivity contribution is 6.39. The summed E-state index contributed by atoms with van der Waals surface area (Å²) in [5.41, 5.74) is 7.96. The van der Waals surface area contributed by atoms with E-state index in [0.29, 0.717) is 25.1 Å². The molecule has 0 radical (unpaired) electrons. The summed E-state index contributed by atoms with van der Waals surface area (Å²) in [6.07, 6.45) is 4.22. The van der Waals surface area contributed by atoms with E-state index in [0.717, 1.165) is 17.5 Å². The van der Waals surface area contributed by atoms with Gasteiger partial charge in [0.2, 0.25) is 5.91 Å². The van der Waals surface area contributed by atoms with E-state index >= 15 is 0 Å². The van der Waals surface area contributed by atoms with Crippen molar-refractivity contribution in [3.63, 3.8) is 0 Å². The van der Waals surface area contributed by atoms with Crippen molar-refractivity contribution >= 4 is 29.3 Å². The van der Waals surface area contributed by atoms with E-state index in [2.05, 4.69) is 15.6 Å². The number of aromatic nitrogens is 1. The van der Waals surface area contributed by atoms with Crippen LogP contribution in [0.2, 0.25) is 0 Å². The molecule has 2 unspecified atom stereocenters. The second-order valence-electron chi connectivity index (χ2n) is 8.04. The van der Waals surface area contributed by atoms with Crippen molar-refractivity contribution in [2.75, 3.05) is 11.9 Å². The van der Waals surface area contributed by atoms with E-state index in [4.69, 9.17) is 5.73 Å². The van der Waals surface area contributed by atoms with Crippen molar-refractivity contribution in [2.45, 2.75) is 32.4 Å². The Balaban J connectivity index is 1.56. The van der Waals surface area contributed by atoms with Crippen LogP contribution in [0, 0.1) is 5.92 Å². The third-order valence-electron chi connectivity index (χ3n) is 5.76. The van der Waals surface area contributed by atoms with Crippen molar-refractivity contribution in [3.05, 3.63) is 58.9 Å². The molecule has 9 nitrogen and oxygen atoms in total. The topological polar surface area (TPSA) is 134 Å². The van der Waals surface area contributed by atoms with Crippen molar-refractivity contribution in [3.8, 4) is 0 Å². The zero-order valence-electron chi connectivity index (χ0n) is 17.1. The van der Waals surface area contributed by atoms with E-state index in [-0.39, 0.29) is 29.1 Å². The number of carbonyl (C=O) groups excluding carboxylic acids is 4. The lowest BCUT2D eigenvalue weighted by Crippen LogP contribution is -2.46. The van der Waals surface area contributed by atoms with Gasteiger partial charge in [-0.15, -0.1) is 0 Å². The number of nitrogens with two attached hydrogens (primary N) is 1. The van der Waals surface area contributed by atoms with Gasteiger partial charge in [-0.3, -0.25) is 24.2 Å². The first-order valence-electron chi connectivity index (χ1n) is 10.1. The first-order valence-corrected chi connectivity index (χ1v) is 10.1. The number of hydrogen-bond donors (Lipinski definition) is 3. The Kier molecular flexibility index (Phi) is 5.41. The molecular formula is C22H23N5O4. The van der Waals surface area contributed by atoms with Crippen LogP contribution < -0.4 is 16.4 Å². The lowest BCUT2D eigenvalue weighted by atomic mass is 9.88. The van der Waals surface area contributed by atoms with Crippen LogP contribution in [-0.4, -0.2) is 40.1 Å². The first-order chi connectivity index (χ1) is 14.8.